The maximum absolute atomic E-state index is 13.0. The Labute approximate surface area is 110 Å². The standard InChI is InChI=1S/C14H16F3NO/c1-18-13(12-8-4-5-9-19-12)10-6-2-3-7-11(10)14(15,16)17/h2-3,6-8,13,18H,4-5,9H2,1H3. The first-order chi connectivity index (χ1) is 9.04. The molecule has 1 atom stereocenters. The fourth-order valence-electron chi connectivity index (χ4n) is 2.24. The van der Waals surface area contributed by atoms with Gasteiger partial charge < -0.3 is 10.1 Å². The summed E-state index contributed by atoms with van der Waals surface area (Å²) in [4.78, 5) is 0. The van der Waals surface area contributed by atoms with E-state index in [0.29, 0.717) is 12.4 Å². The molecule has 2 nitrogen and oxygen atoms in total. The number of hydrogen-bond acceptors (Lipinski definition) is 2. The van der Waals surface area contributed by atoms with Crippen LogP contribution in [0.5, 0.6) is 0 Å². The molecule has 0 amide bonds. The third-order valence-electron chi connectivity index (χ3n) is 3.11. The van der Waals surface area contributed by atoms with Crippen molar-refractivity contribution in [3.05, 3.63) is 47.2 Å². The Hall–Kier alpha value is -1.49. The highest BCUT2D eigenvalue weighted by molar-refractivity contribution is 5.36. The molecular formula is C14H16F3NO. The highest BCUT2D eigenvalue weighted by Crippen LogP contribution is 2.37. The molecule has 0 aromatic heterocycles. The highest BCUT2D eigenvalue weighted by Gasteiger charge is 2.35. The lowest BCUT2D eigenvalue weighted by Gasteiger charge is -2.26. The van der Waals surface area contributed by atoms with E-state index in [9.17, 15) is 13.2 Å². The van der Waals surface area contributed by atoms with Crippen molar-refractivity contribution in [3.63, 3.8) is 0 Å². The maximum Gasteiger partial charge on any atom is 0.416 e. The molecule has 5 heteroatoms. The van der Waals surface area contributed by atoms with Gasteiger partial charge in [-0.3, -0.25) is 0 Å². The number of rotatable bonds is 3. The first-order valence-corrected chi connectivity index (χ1v) is 6.20. The third-order valence-corrected chi connectivity index (χ3v) is 3.11. The van der Waals surface area contributed by atoms with Crippen molar-refractivity contribution in [1.82, 2.24) is 5.32 Å². The summed E-state index contributed by atoms with van der Waals surface area (Å²) in [5, 5.41) is 2.91. The normalized spacial score (nSPS) is 17.6. The molecule has 1 aromatic rings. The highest BCUT2D eigenvalue weighted by atomic mass is 19.4. The Bertz CT molecular complexity index is 468. The monoisotopic (exact) mass is 271 g/mol. The quantitative estimate of drug-likeness (QED) is 0.905. The van der Waals surface area contributed by atoms with Gasteiger partial charge in [0.15, 0.2) is 0 Å². The molecule has 0 saturated carbocycles. The minimum Gasteiger partial charge on any atom is -0.496 e. The van der Waals surface area contributed by atoms with Gasteiger partial charge in [0.25, 0.3) is 0 Å². The van der Waals surface area contributed by atoms with Gasteiger partial charge in [0.1, 0.15) is 5.76 Å². The lowest BCUT2D eigenvalue weighted by molar-refractivity contribution is -0.138. The largest absolute Gasteiger partial charge is 0.496 e. The molecule has 1 N–H and O–H groups in total. The number of likely N-dealkylation sites (N-methyl/N-ethyl adjacent to an activating group) is 1. The average molecular weight is 271 g/mol. The third kappa shape index (κ3) is 3.10. The van der Waals surface area contributed by atoms with Crippen molar-refractivity contribution < 1.29 is 17.9 Å². The summed E-state index contributed by atoms with van der Waals surface area (Å²) in [5.74, 6) is 0.574. The second-order valence-corrected chi connectivity index (χ2v) is 4.40. The fourth-order valence-corrected chi connectivity index (χ4v) is 2.24. The maximum atomic E-state index is 13.0. The van der Waals surface area contributed by atoms with Crippen LogP contribution in [0.1, 0.15) is 30.0 Å². The molecule has 0 saturated heterocycles. The number of ether oxygens (including phenoxy) is 1. The van der Waals surface area contributed by atoms with E-state index in [2.05, 4.69) is 5.32 Å². The van der Waals surface area contributed by atoms with Gasteiger partial charge in [0.05, 0.1) is 18.2 Å². The van der Waals surface area contributed by atoms with Crippen molar-refractivity contribution in [2.75, 3.05) is 13.7 Å². The van der Waals surface area contributed by atoms with Gasteiger partial charge >= 0.3 is 6.18 Å². The van der Waals surface area contributed by atoms with Crippen LogP contribution in [0.2, 0.25) is 0 Å². The van der Waals surface area contributed by atoms with E-state index < -0.39 is 17.8 Å². The van der Waals surface area contributed by atoms with Crippen LogP contribution in [0.4, 0.5) is 13.2 Å². The molecule has 0 spiro atoms. The van der Waals surface area contributed by atoms with Crippen molar-refractivity contribution in [1.29, 1.82) is 0 Å². The summed E-state index contributed by atoms with van der Waals surface area (Å²) in [7, 11) is 1.64. The van der Waals surface area contributed by atoms with Crippen LogP contribution in [0.3, 0.4) is 0 Å². The lowest BCUT2D eigenvalue weighted by Crippen LogP contribution is -2.25. The molecule has 1 heterocycles. The molecule has 1 aliphatic rings. The first-order valence-electron chi connectivity index (χ1n) is 6.20. The van der Waals surface area contributed by atoms with Crippen LogP contribution in [0, 0.1) is 0 Å². The van der Waals surface area contributed by atoms with Crippen LogP contribution in [0.15, 0.2) is 36.1 Å². The zero-order chi connectivity index (χ0) is 13.9. The lowest BCUT2D eigenvalue weighted by atomic mass is 9.97. The first kappa shape index (κ1) is 13.9. The minimum atomic E-state index is -4.36. The number of allylic oxidation sites excluding steroid dienone is 1. The predicted molar refractivity (Wildman–Crippen MR) is 66.5 cm³/mol. The van der Waals surface area contributed by atoms with Crippen molar-refractivity contribution >= 4 is 0 Å². The second-order valence-electron chi connectivity index (χ2n) is 4.40. The molecular weight excluding hydrogens is 255 g/mol. The Kier molecular flexibility index (Phi) is 4.14. The number of halogens is 3. The van der Waals surface area contributed by atoms with Gasteiger partial charge in [-0.1, -0.05) is 18.2 Å². The van der Waals surface area contributed by atoms with Gasteiger partial charge in [-0.2, -0.15) is 13.2 Å². The van der Waals surface area contributed by atoms with E-state index in [0.717, 1.165) is 18.9 Å². The van der Waals surface area contributed by atoms with Gasteiger partial charge in [-0.05, 0) is 37.6 Å². The smallest absolute Gasteiger partial charge is 0.416 e. The van der Waals surface area contributed by atoms with Crippen LogP contribution >= 0.6 is 0 Å². The zero-order valence-corrected chi connectivity index (χ0v) is 10.6. The molecule has 1 aliphatic heterocycles. The van der Waals surface area contributed by atoms with E-state index in [1.54, 1.807) is 13.1 Å². The van der Waals surface area contributed by atoms with Crippen LogP contribution in [0.25, 0.3) is 0 Å². The Morgan fingerprint density at radius 1 is 1.26 bits per heavy atom. The number of hydrogen-bond donors (Lipinski definition) is 1. The summed E-state index contributed by atoms with van der Waals surface area (Å²) >= 11 is 0. The van der Waals surface area contributed by atoms with Gasteiger partial charge in [-0.15, -0.1) is 0 Å². The zero-order valence-electron chi connectivity index (χ0n) is 10.6. The predicted octanol–water partition coefficient (Wildman–Crippen LogP) is 3.66. The van der Waals surface area contributed by atoms with Crippen LogP contribution in [-0.4, -0.2) is 13.7 Å². The molecule has 2 rings (SSSR count). The number of benzene rings is 1. The van der Waals surface area contributed by atoms with E-state index in [4.69, 9.17) is 4.74 Å². The summed E-state index contributed by atoms with van der Waals surface area (Å²) < 4.78 is 44.6. The molecule has 0 fully saturated rings. The van der Waals surface area contributed by atoms with Crippen molar-refractivity contribution in [2.24, 2.45) is 0 Å². The van der Waals surface area contributed by atoms with E-state index >= 15 is 0 Å². The number of alkyl halides is 3. The Balaban J connectivity index is 2.41. The average Bonchev–Trinajstić information content (AvgIpc) is 2.40. The Morgan fingerprint density at radius 2 is 2.00 bits per heavy atom. The van der Waals surface area contributed by atoms with Gasteiger partial charge in [0.2, 0.25) is 0 Å². The number of nitrogens with one attached hydrogen (secondary N) is 1. The van der Waals surface area contributed by atoms with E-state index in [1.807, 2.05) is 6.08 Å². The summed E-state index contributed by atoms with van der Waals surface area (Å²) in [6.45, 7) is 0.554. The molecule has 0 bridgehead atoms. The molecule has 0 aliphatic carbocycles. The van der Waals surface area contributed by atoms with Crippen molar-refractivity contribution in [3.8, 4) is 0 Å². The topological polar surface area (TPSA) is 21.3 Å². The SMILES string of the molecule is CNC(C1=CCCCO1)c1ccccc1C(F)(F)F. The molecule has 1 unspecified atom stereocenters. The minimum absolute atomic E-state index is 0.200. The Morgan fingerprint density at radius 3 is 2.58 bits per heavy atom. The van der Waals surface area contributed by atoms with E-state index in [-0.39, 0.29) is 5.56 Å². The fraction of sp³-hybridized carbons (Fsp3) is 0.429. The van der Waals surface area contributed by atoms with Gasteiger partial charge in [0, 0.05) is 0 Å². The van der Waals surface area contributed by atoms with Crippen molar-refractivity contribution in [2.45, 2.75) is 25.1 Å². The molecule has 19 heavy (non-hydrogen) atoms. The summed E-state index contributed by atoms with van der Waals surface area (Å²) in [5.41, 5.74) is -0.421. The molecule has 104 valence electrons. The summed E-state index contributed by atoms with van der Waals surface area (Å²) in [6, 6.07) is 5.04. The van der Waals surface area contributed by atoms with Crippen LogP contribution in [-0.2, 0) is 10.9 Å². The van der Waals surface area contributed by atoms with E-state index in [1.165, 1.54) is 12.1 Å². The second kappa shape index (κ2) is 5.65. The van der Waals surface area contributed by atoms with Crippen LogP contribution < -0.4 is 5.32 Å². The molecule has 1 aromatic carbocycles. The molecule has 0 radical (unpaired) electrons. The van der Waals surface area contributed by atoms with Gasteiger partial charge in [-0.25, -0.2) is 0 Å². The summed E-state index contributed by atoms with van der Waals surface area (Å²) in [6.07, 6.45) is -0.763.